The Morgan fingerprint density at radius 2 is 1.93 bits per heavy atom. The van der Waals surface area contributed by atoms with Crippen molar-refractivity contribution in [3.63, 3.8) is 0 Å². The SMILES string of the molecule is NCC1(NC(=O)CC2CCC2)CCCC1. The molecule has 2 aliphatic carbocycles. The minimum atomic E-state index is -0.0547. The first-order chi connectivity index (χ1) is 7.24. The van der Waals surface area contributed by atoms with Gasteiger partial charge in [-0.1, -0.05) is 19.3 Å². The minimum Gasteiger partial charge on any atom is -0.349 e. The van der Waals surface area contributed by atoms with E-state index in [4.69, 9.17) is 5.73 Å². The number of amides is 1. The molecule has 0 saturated heterocycles. The molecule has 0 radical (unpaired) electrons. The van der Waals surface area contributed by atoms with Crippen LogP contribution in [-0.4, -0.2) is 18.0 Å². The number of nitrogens with one attached hydrogen (secondary N) is 1. The van der Waals surface area contributed by atoms with E-state index in [1.807, 2.05) is 0 Å². The Kier molecular flexibility index (Phi) is 3.29. The van der Waals surface area contributed by atoms with Gasteiger partial charge in [0.05, 0.1) is 5.54 Å². The van der Waals surface area contributed by atoms with Crippen molar-refractivity contribution in [3.05, 3.63) is 0 Å². The van der Waals surface area contributed by atoms with E-state index >= 15 is 0 Å². The summed E-state index contributed by atoms with van der Waals surface area (Å²) in [6.45, 7) is 0.601. The van der Waals surface area contributed by atoms with Gasteiger partial charge in [-0.15, -0.1) is 0 Å². The van der Waals surface area contributed by atoms with Crippen LogP contribution in [0.3, 0.4) is 0 Å². The van der Waals surface area contributed by atoms with Gasteiger partial charge in [-0.25, -0.2) is 0 Å². The summed E-state index contributed by atoms with van der Waals surface area (Å²) >= 11 is 0. The van der Waals surface area contributed by atoms with Gasteiger partial charge in [0.25, 0.3) is 0 Å². The van der Waals surface area contributed by atoms with Gasteiger partial charge in [0.15, 0.2) is 0 Å². The highest BCUT2D eigenvalue weighted by Crippen LogP contribution is 2.31. The minimum absolute atomic E-state index is 0.0547. The van der Waals surface area contributed by atoms with Crippen molar-refractivity contribution in [2.75, 3.05) is 6.54 Å². The molecule has 0 atom stereocenters. The van der Waals surface area contributed by atoms with Crippen molar-refractivity contribution in [3.8, 4) is 0 Å². The molecular weight excluding hydrogens is 188 g/mol. The van der Waals surface area contributed by atoms with Gasteiger partial charge >= 0.3 is 0 Å². The fourth-order valence-electron chi connectivity index (χ4n) is 2.74. The first-order valence-electron chi connectivity index (χ1n) is 6.25. The lowest BCUT2D eigenvalue weighted by molar-refractivity contribution is -0.124. The predicted octanol–water partition coefficient (Wildman–Crippen LogP) is 1.56. The summed E-state index contributed by atoms with van der Waals surface area (Å²) in [6, 6.07) is 0. The number of hydrogen-bond acceptors (Lipinski definition) is 2. The summed E-state index contributed by atoms with van der Waals surface area (Å²) in [5, 5.41) is 3.18. The third-order valence-corrected chi connectivity index (χ3v) is 4.05. The molecule has 0 spiro atoms. The molecule has 0 aromatic rings. The van der Waals surface area contributed by atoms with E-state index in [2.05, 4.69) is 5.32 Å². The third kappa shape index (κ3) is 2.51. The van der Waals surface area contributed by atoms with Crippen molar-refractivity contribution in [1.29, 1.82) is 0 Å². The van der Waals surface area contributed by atoms with Gasteiger partial charge in [-0.05, 0) is 31.6 Å². The number of rotatable bonds is 4. The van der Waals surface area contributed by atoms with Crippen LogP contribution in [0.25, 0.3) is 0 Å². The van der Waals surface area contributed by atoms with Crippen molar-refractivity contribution >= 4 is 5.91 Å². The lowest BCUT2D eigenvalue weighted by atomic mass is 9.82. The molecule has 1 amide bonds. The maximum absolute atomic E-state index is 11.8. The molecule has 15 heavy (non-hydrogen) atoms. The van der Waals surface area contributed by atoms with Gasteiger partial charge in [-0.3, -0.25) is 4.79 Å². The molecule has 0 unspecified atom stereocenters. The van der Waals surface area contributed by atoms with Crippen molar-refractivity contribution in [2.45, 2.75) is 56.9 Å². The third-order valence-electron chi connectivity index (χ3n) is 4.05. The van der Waals surface area contributed by atoms with E-state index < -0.39 is 0 Å². The highest BCUT2D eigenvalue weighted by molar-refractivity contribution is 5.77. The average Bonchev–Trinajstić information content (AvgIpc) is 2.61. The smallest absolute Gasteiger partial charge is 0.220 e. The standard InChI is InChI=1S/C12H22N2O/c13-9-12(6-1-2-7-12)14-11(15)8-10-4-3-5-10/h10H,1-9,13H2,(H,14,15). The van der Waals surface area contributed by atoms with Crippen LogP contribution >= 0.6 is 0 Å². The second-order valence-corrected chi connectivity index (χ2v) is 5.24. The van der Waals surface area contributed by atoms with E-state index in [0.29, 0.717) is 12.5 Å². The van der Waals surface area contributed by atoms with Crippen LogP contribution in [0, 0.1) is 5.92 Å². The topological polar surface area (TPSA) is 55.1 Å². The zero-order chi connectivity index (χ0) is 10.7. The molecule has 3 nitrogen and oxygen atoms in total. The molecule has 0 aromatic carbocycles. The fourth-order valence-corrected chi connectivity index (χ4v) is 2.74. The Bertz CT molecular complexity index is 230. The Balaban J connectivity index is 1.80. The number of nitrogens with two attached hydrogens (primary N) is 1. The molecular formula is C12H22N2O. The fraction of sp³-hybridized carbons (Fsp3) is 0.917. The first-order valence-corrected chi connectivity index (χ1v) is 6.25. The molecule has 2 saturated carbocycles. The summed E-state index contributed by atoms with van der Waals surface area (Å²) in [7, 11) is 0. The maximum Gasteiger partial charge on any atom is 0.220 e. The van der Waals surface area contributed by atoms with Crippen LogP contribution in [0.1, 0.15) is 51.4 Å². The number of carbonyl (C=O) groups is 1. The normalized spacial score (nSPS) is 24.9. The van der Waals surface area contributed by atoms with E-state index in [9.17, 15) is 4.79 Å². The predicted molar refractivity (Wildman–Crippen MR) is 60.4 cm³/mol. The van der Waals surface area contributed by atoms with E-state index in [1.165, 1.54) is 32.1 Å². The first kappa shape index (κ1) is 10.9. The molecule has 3 heteroatoms. The summed E-state index contributed by atoms with van der Waals surface area (Å²) in [4.78, 5) is 11.8. The van der Waals surface area contributed by atoms with Crippen molar-refractivity contribution in [1.82, 2.24) is 5.32 Å². The van der Waals surface area contributed by atoms with E-state index in [0.717, 1.165) is 19.3 Å². The van der Waals surface area contributed by atoms with Crippen LogP contribution in [0.15, 0.2) is 0 Å². The average molecular weight is 210 g/mol. The summed E-state index contributed by atoms with van der Waals surface area (Å²) < 4.78 is 0. The Morgan fingerprint density at radius 3 is 2.40 bits per heavy atom. The molecule has 86 valence electrons. The van der Waals surface area contributed by atoms with Gasteiger partial charge in [-0.2, -0.15) is 0 Å². The van der Waals surface area contributed by atoms with E-state index in [-0.39, 0.29) is 11.4 Å². The number of carbonyl (C=O) groups excluding carboxylic acids is 1. The van der Waals surface area contributed by atoms with Gasteiger partial charge in [0, 0.05) is 13.0 Å². The largest absolute Gasteiger partial charge is 0.349 e. The van der Waals surface area contributed by atoms with Crippen LogP contribution in [0.4, 0.5) is 0 Å². The molecule has 0 aromatic heterocycles. The maximum atomic E-state index is 11.8. The van der Waals surface area contributed by atoms with Crippen LogP contribution in [0.5, 0.6) is 0 Å². The summed E-state index contributed by atoms with van der Waals surface area (Å²) in [5.74, 6) is 0.883. The summed E-state index contributed by atoms with van der Waals surface area (Å²) in [6.07, 6.45) is 9.06. The van der Waals surface area contributed by atoms with Gasteiger partial charge in [0.2, 0.25) is 5.91 Å². The Morgan fingerprint density at radius 1 is 1.27 bits per heavy atom. The second kappa shape index (κ2) is 4.52. The summed E-state index contributed by atoms with van der Waals surface area (Å²) in [5.41, 5.74) is 5.72. The van der Waals surface area contributed by atoms with Crippen LogP contribution in [-0.2, 0) is 4.79 Å². The quantitative estimate of drug-likeness (QED) is 0.740. The molecule has 3 N–H and O–H groups in total. The Hall–Kier alpha value is -0.570. The molecule has 0 aliphatic heterocycles. The lowest BCUT2D eigenvalue weighted by Gasteiger charge is -2.31. The molecule has 2 fully saturated rings. The van der Waals surface area contributed by atoms with Crippen molar-refractivity contribution < 1.29 is 4.79 Å². The monoisotopic (exact) mass is 210 g/mol. The van der Waals surface area contributed by atoms with Gasteiger partial charge in [0.1, 0.15) is 0 Å². The number of hydrogen-bond donors (Lipinski definition) is 2. The molecule has 2 aliphatic rings. The van der Waals surface area contributed by atoms with Crippen LogP contribution in [0.2, 0.25) is 0 Å². The van der Waals surface area contributed by atoms with E-state index in [1.54, 1.807) is 0 Å². The van der Waals surface area contributed by atoms with Gasteiger partial charge < -0.3 is 11.1 Å². The highest BCUT2D eigenvalue weighted by Gasteiger charge is 2.34. The lowest BCUT2D eigenvalue weighted by Crippen LogP contribution is -2.52. The van der Waals surface area contributed by atoms with Crippen molar-refractivity contribution in [2.24, 2.45) is 11.7 Å². The zero-order valence-electron chi connectivity index (χ0n) is 9.43. The molecule has 0 heterocycles. The zero-order valence-corrected chi connectivity index (χ0v) is 9.43. The Labute approximate surface area is 91.8 Å². The van der Waals surface area contributed by atoms with Crippen LogP contribution < -0.4 is 11.1 Å². The molecule has 2 rings (SSSR count). The molecule has 0 bridgehead atoms. The second-order valence-electron chi connectivity index (χ2n) is 5.24. The highest BCUT2D eigenvalue weighted by atomic mass is 16.1.